The molecular formula is C16H26N2O. The average Bonchev–Trinajstić information content (AvgIpc) is 2.39. The molecule has 0 saturated carbocycles. The van der Waals surface area contributed by atoms with Gasteiger partial charge in [0.05, 0.1) is 6.10 Å². The number of hydrogen-bond donors (Lipinski definition) is 1. The smallest absolute Gasteiger partial charge is 0.119 e. The van der Waals surface area contributed by atoms with Crippen LogP contribution in [0.2, 0.25) is 0 Å². The monoisotopic (exact) mass is 262 g/mol. The van der Waals surface area contributed by atoms with Gasteiger partial charge in [0.15, 0.2) is 0 Å². The fourth-order valence-electron chi connectivity index (χ4n) is 2.67. The lowest BCUT2D eigenvalue weighted by Gasteiger charge is -2.34. The van der Waals surface area contributed by atoms with Crippen molar-refractivity contribution in [3.05, 3.63) is 29.8 Å². The number of ether oxygens (including phenoxy) is 1. The summed E-state index contributed by atoms with van der Waals surface area (Å²) in [7, 11) is 4.35. The van der Waals surface area contributed by atoms with E-state index in [1.165, 1.54) is 18.4 Å². The minimum absolute atomic E-state index is 0.233. The standard InChI is InChI=1S/C16H26N2O/c1-12(2)19-15-7-5-13(6-8-15)16-11-14(18(3)4)9-10-17-16/h5-8,12,14,16-17H,9-11H2,1-4H3. The van der Waals surface area contributed by atoms with Crippen LogP contribution in [-0.4, -0.2) is 37.7 Å². The highest BCUT2D eigenvalue weighted by Crippen LogP contribution is 2.26. The van der Waals surface area contributed by atoms with Crippen molar-refractivity contribution in [3.63, 3.8) is 0 Å². The van der Waals surface area contributed by atoms with E-state index in [2.05, 4.69) is 62.4 Å². The largest absolute Gasteiger partial charge is 0.491 e. The highest BCUT2D eigenvalue weighted by Gasteiger charge is 2.23. The molecule has 0 radical (unpaired) electrons. The molecule has 0 bridgehead atoms. The quantitative estimate of drug-likeness (QED) is 0.903. The fraction of sp³-hybridized carbons (Fsp3) is 0.625. The molecule has 1 heterocycles. The molecule has 19 heavy (non-hydrogen) atoms. The summed E-state index contributed by atoms with van der Waals surface area (Å²) < 4.78 is 5.69. The Labute approximate surface area is 116 Å². The van der Waals surface area contributed by atoms with Gasteiger partial charge >= 0.3 is 0 Å². The number of hydrogen-bond acceptors (Lipinski definition) is 3. The molecule has 2 unspecified atom stereocenters. The zero-order valence-electron chi connectivity index (χ0n) is 12.5. The molecule has 0 spiro atoms. The summed E-state index contributed by atoms with van der Waals surface area (Å²) in [6, 6.07) is 9.68. The number of rotatable bonds is 4. The van der Waals surface area contributed by atoms with E-state index in [0.717, 1.165) is 12.3 Å². The van der Waals surface area contributed by atoms with Crippen LogP contribution < -0.4 is 10.1 Å². The maximum Gasteiger partial charge on any atom is 0.119 e. The lowest BCUT2D eigenvalue weighted by Crippen LogP contribution is -2.41. The molecule has 106 valence electrons. The summed E-state index contributed by atoms with van der Waals surface area (Å²) in [5, 5.41) is 3.61. The van der Waals surface area contributed by atoms with E-state index in [0.29, 0.717) is 12.1 Å². The summed E-state index contributed by atoms with van der Waals surface area (Å²) in [6.07, 6.45) is 2.65. The van der Waals surface area contributed by atoms with Crippen molar-refractivity contribution in [1.82, 2.24) is 10.2 Å². The van der Waals surface area contributed by atoms with Gasteiger partial charge in [-0.2, -0.15) is 0 Å². The number of nitrogens with zero attached hydrogens (tertiary/aromatic N) is 1. The Morgan fingerprint density at radius 3 is 2.47 bits per heavy atom. The van der Waals surface area contributed by atoms with Gasteiger partial charge < -0.3 is 15.0 Å². The van der Waals surface area contributed by atoms with E-state index < -0.39 is 0 Å². The second-order valence-electron chi connectivity index (χ2n) is 5.88. The Bertz CT molecular complexity index is 386. The summed E-state index contributed by atoms with van der Waals surface area (Å²) in [6.45, 7) is 5.20. The number of piperidine rings is 1. The van der Waals surface area contributed by atoms with Gasteiger partial charge in [0.2, 0.25) is 0 Å². The summed E-state index contributed by atoms with van der Waals surface area (Å²) in [4.78, 5) is 2.34. The first-order valence-electron chi connectivity index (χ1n) is 7.22. The van der Waals surface area contributed by atoms with Gasteiger partial charge in [-0.3, -0.25) is 0 Å². The van der Waals surface area contributed by atoms with Gasteiger partial charge in [0, 0.05) is 12.1 Å². The molecule has 1 saturated heterocycles. The number of benzene rings is 1. The summed E-state index contributed by atoms with van der Waals surface area (Å²) in [5.41, 5.74) is 1.36. The van der Waals surface area contributed by atoms with Crippen molar-refractivity contribution in [2.24, 2.45) is 0 Å². The molecule has 0 aliphatic carbocycles. The van der Waals surface area contributed by atoms with Crippen LogP contribution in [0.5, 0.6) is 5.75 Å². The van der Waals surface area contributed by atoms with Crippen LogP contribution in [-0.2, 0) is 0 Å². The van der Waals surface area contributed by atoms with Crippen LogP contribution in [0.1, 0.15) is 38.3 Å². The molecule has 1 aromatic carbocycles. The Hall–Kier alpha value is -1.06. The molecule has 3 nitrogen and oxygen atoms in total. The van der Waals surface area contributed by atoms with Crippen molar-refractivity contribution < 1.29 is 4.74 Å². The zero-order valence-corrected chi connectivity index (χ0v) is 12.5. The van der Waals surface area contributed by atoms with Crippen molar-refractivity contribution >= 4 is 0 Å². The molecule has 1 aliphatic heterocycles. The minimum Gasteiger partial charge on any atom is -0.491 e. The summed E-state index contributed by atoms with van der Waals surface area (Å²) in [5.74, 6) is 0.957. The Kier molecular flexibility index (Phi) is 4.83. The fourth-order valence-corrected chi connectivity index (χ4v) is 2.67. The highest BCUT2D eigenvalue weighted by atomic mass is 16.5. The molecule has 1 N–H and O–H groups in total. The third-order valence-corrected chi connectivity index (χ3v) is 3.76. The Morgan fingerprint density at radius 1 is 1.21 bits per heavy atom. The van der Waals surface area contributed by atoms with Crippen molar-refractivity contribution in [2.45, 2.75) is 44.9 Å². The maximum atomic E-state index is 5.69. The lowest BCUT2D eigenvalue weighted by molar-refractivity contribution is 0.207. The third kappa shape index (κ3) is 3.95. The molecule has 2 atom stereocenters. The van der Waals surface area contributed by atoms with Crippen LogP contribution in [0.4, 0.5) is 0 Å². The van der Waals surface area contributed by atoms with Crippen molar-refractivity contribution in [1.29, 1.82) is 0 Å². The van der Waals surface area contributed by atoms with E-state index in [1.54, 1.807) is 0 Å². The molecule has 0 aromatic heterocycles. The molecule has 0 amide bonds. The second-order valence-corrected chi connectivity index (χ2v) is 5.88. The van der Waals surface area contributed by atoms with Gasteiger partial charge in [-0.05, 0) is 65.0 Å². The van der Waals surface area contributed by atoms with Gasteiger partial charge in [0.1, 0.15) is 5.75 Å². The van der Waals surface area contributed by atoms with Crippen LogP contribution >= 0.6 is 0 Å². The summed E-state index contributed by atoms with van der Waals surface area (Å²) >= 11 is 0. The van der Waals surface area contributed by atoms with Gasteiger partial charge in [-0.1, -0.05) is 12.1 Å². The van der Waals surface area contributed by atoms with Crippen molar-refractivity contribution in [2.75, 3.05) is 20.6 Å². The van der Waals surface area contributed by atoms with Gasteiger partial charge in [-0.15, -0.1) is 0 Å². The first-order chi connectivity index (χ1) is 9.06. The predicted octanol–water partition coefficient (Wildman–Crippen LogP) is 2.83. The number of nitrogens with one attached hydrogen (secondary N) is 1. The van der Waals surface area contributed by atoms with E-state index in [4.69, 9.17) is 4.74 Å². The zero-order chi connectivity index (χ0) is 13.8. The second kappa shape index (κ2) is 6.40. The van der Waals surface area contributed by atoms with Gasteiger partial charge in [0.25, 0.3) is 0 Å². The van der Waals surface area contributed by atoms with E-state index in [9.17, 15) is 0 Å². The minimum atomic E-state index is 0.233. The van der Waals surface area contributed by atoms with Crippen LogP contribution in [0.3, 0.4) is 0 Å². The molecule has 3 heteroatoms. The Balaban J connectivity index is 2.01. The maximum absolute atomic E-state index is 5.69. The van der Waals surface area contributed by atoms with Crippen LogP contribution in [0, 0.1) is 0 Å². The predicted molar refractivity (Wildman–Crippen MR) is 79.7 cm³/mol. The average molecular weight is 262 g/mol. The first-order valence-corrected chi connectivity index (χ1v) is 7.22. The van der Waals surface area contributed by atoms with Crippen molar-refractivity contribution in [3.8, 4) is 5.75 Å². The normalized spacial score (nSPS) is 23.9. The van der Waals surface area contributed by atoms with E-state index in [-0.39, 0.29) is 6.10 Å². The SMILES string of the molecule is CC(C)Oc1ccc(C2CC(N(C)C)CCN2)cc1. The topological polar surface area (TPSA) is 24.5 Å². The van der Waals surface area contributed by atoms with Crippen LogP contribution in [0.15, 0.2) is 24.3 Å². The molecule has 1 fully saturated rings. The van der Waals surface area contributed by atoms with Gasteiger partial charge in [-0.25, -0.2) is 0 Å². The third-order valence-electron chi connectivity index (χ3n) is 3.76. The Morgan fingerprint density at radius 2 is 1.89 bits per heavy atom. The molecule has 1 aromatic rings. The van der Waals surface area contributed by atoms with E-state index >= 15 is 0 Å². The lowest BCUT2D eigenvalue weighted by atomic mass is 9.93. The van der Waals surface area contributed by atoms with E-state index in [1.807, 2.05) is 0 Å². The first kappa shape index (κ1) is 14.4. The molecule has 1 aliphatic rings. The molecule has 2 rings (SSSR count). The highest BCUT2D eigenvalue weighted by molar-refractivity contribution is 5.29. The van der Waals surface area contributed by atoms with Crippen LogP contribution in [0.25, 0.3) is 0 Å². The molecular weight excluding hydrogens is 236 g/mol.